The van der Waals surface area contributed by atoms with Crippen LogP contribution >= 0.6 is 12.2 Å². The molecule has 0 unspecified atom stereocenters. The summed E-state index contributed by atoms with van der Waals surface area (Å²) in [4.78, 5) is 17.4. The average Bonchev–Trinajstić information content (AvgIpc) is 3.32. The van der Waals surface area contributed by atoms with E-state index in [2.05, 4.69) is 41.5 Å². The first-order valence-corrected chi connectivity index (χ1v) is 11.4. The number of ketones is 1. The first-order valence-electron chi connectivity index (χ1n) is 11.0. The monoisotopic (exact) mass is 470 g/mol. The van der Waals surface area contributed by atoms with E-state index in [4.69, 9.17) is 16.7 Å². The molecule has 0 saturated heterocycles. The summed E-state index contributed by atoms with van der Waals surface area (Å²) in [6, 6.07) is 24.6. The molecule has 0 bridgehead atoms. The van der Waals surface area contributed by atoms with Gasteiger partial charge in [-0.2, -0.15) is 4.98 Å². The van der Waals surface area contributed by atoms with Crippen LogP contribution in [0.25, 0.3) is 11.4 Å². The molecule has 0 spiro atoms. The number of aromatic nitrogens is 2. The maximum absolute atomic E-state index is 13.0. The standard InChI is InChI=1S/C27H26N4O2S/c1-27(2,3)21-14-12-18(13-15-21)24(32)20-10-7-11-22(16-20)29-26(34)28-17-23-30-25(31-33-23)19-8-5-4-6-9-19/h4-16H,17H2,1-3H3,(H2,28,29,34). The molecule has 6 nitrogen and oxygen atoms in total. The van der Waals surface area contributed by atoms with Gasteiger partial charge in [-0.15, -0.1) is 0 Å². The minimum Gasteiger partial charge on any atom is -0.353 e. The molecule has 4 aromatic rings. The van der Waals surface area contributed by atoms with Crippen LogP contribution < -0.4 is 10.6 Å². The number of carbonyl (C=O) groups excluding carboxylic acids is 1. The first kappa shape index (κ1) is 23.3. The molecule has 172 valence electrons. The molecule has 0 radical (unpaired) electrons. The lowest BCUT2D eigenvalue weighted by Gasteiger charge is -2.19. The zero-order chi connectivity index (χ0) is 24.1. The van der Waals surface area contributed by atoms with Gasteiger partial charge in [-0.05, 0) is 35.3 Å². The predicted molar refractivity (Wildman–Crippen MR) is 138 cm³/mol. The lowest BCUT2D eigenvalue weighted by molar-refractivity contribution is 0.103. The van der Waals surface area contributed by atoms with E-state index in [0.29, 0.717) is 33.6 Å². The molecule has 0 saturated carbocycles. The van der Waals surface area contributed by atoms with Crippen LogP contribution in [0.1, 0.15) is 48.1 Å². The number of hydrogen-bond donors (Lipinski definition) is 2. The number of nitrogens with zero attached hydrogens (tertiary/aromatic N) is 2. The molecule has 0 aliphatic heterocycles. The van der Waals surface area contributed by atoms with E-state index < -0.39 is 0 Å². The molecule has 2 N–H and O–H groups in total. The smallest absolute Gasteiger partial charge is 0.246 e. The Morgan fingerprint density at radius 3 is 2.38 bits per heavy atom. The largest absolute Gasteiger partial charge is 0.353 e. The minimum absolute atomic E-state index is 0.0395. The molecule has 1 aromatic heterocycles. The fraction of sp³-hybridized carbons (Fsp3) is 0.185. The molecule has 0 atom stereocenters. The SMILES string of the molecule is CC(C)(C)c1ccc(C(=O)c2cccc(NC(=S)NCc3nc(-c4ccccc4)no3)c2)cc1. The lowest BCUT2D eigenvalue weighted by Crippen LogP contribution is -2.28. The van der Waals surface area contributed by atoms with E-state index in [1.165, 1.54) is 5.56 Å². The Labute approximate surface area is 204 Å². The van der Waals surface area contributed by atoms with Gasteiger partial charge in [0, 0.05) is 22.4 Å². The molecule has 34 heavy (non-hydrogen) atoms. The van der Waals surface area contributed by atoms with E-state index in [1.54, 1.807) is 12.1 Å². The molecule has 7 heteroatoms. The van der Waals surface area contributed by atoms with Crippen molar-refractivity contribution in [3.8, 4) is 11.4 Å². The van der Waals surface area contributed by atoms with Crippen molar-refractivity contribution in [2.75, 3.05) is 5.32 Å². The van der Waals surface area contributed by atoms with Gasteiger partial charge in [0.1, 0.15) is 0 Å². The summed E-state index contributed by atoms with van der Waals surface area (Å²) in [5.74, 6) is 0.908. The van der Waals surface area contributed by atoms with Crippen molar-refractivity contribution in [2.45, 2.75) is 32.7 Å². The number of benzene rings is 3. The molecule has 3 aromatic carbocycles. The van der Waals surface area contributed by atoms with Crippen molar-refractivity contribution in [1.82, 2.24) is 15.5 Å². The Bertz CT molecular complexity index is 1290. The van der Waals surface area contributed by atoms with E-state index in [1.807, 2.05) is 66.7 Å². The van der Waals surface area contributed by atoms with Gasteiger partial charge in [-0.3, -0.25) is 4.79 Å². The van der Waals surface area contributed by atoms with Crippen molar-refractivity contribution in [1.29, 1.82) is 0 Å². The van der Waals surface area contributed by atoms with Crippen molar-refractivity contribution < 1.29 is 9.32 Å². The Balaban J connectivity index is 1.36. The van der Waals surface area contributed by atoms with E-state index in [-0.39, 0.29) is 17.7 Å². The summed E-state index contributed by atoms with van der Waals surface area (Å²) in [5.41, 5.74) is 4.06. The Kier molecular flexibility index (Phi) is 6.84. The third-order valence-electron chi connectivity index (χ3n) is 5.30. The van der Waals surface area contributed by atoms with Gasteiger partial charge in [0.25, 0.3) is 0 Å². The van der Waals surface area contributed by atoms with Crippen molar-refractivity contribution in [3.05, 3.63) is 101 Å². The van der Waals surface area contributed by atoms with Crippen LogP contribution in [0.3, 0.4) is 0 Å². The quantitative estimate of drug-likeness (QED) is 0.274. The van der Waals surface area contributed by atoms with Crippen LogP contribution in [-0.2, 0) is 12.0 Å². The van der Waals surface area contributed by atoms with Crippen molar-refractivity contribution in [2.24, 2.45) is 0 Å². The lowest BCUT2D eigenvalue weighted by atomic mass is 9.86. The highest BCUT2D eigenvalue weighted by Gasteiger charge is 2.15. The number of carbonyl (C=O) groups is 1. The molecule has 1 heterocycles. The van der Waals surface area contributed by atoms with Crippen LogP contribution in [0.2, 0.25) is 0 Å². The summed E-state index contributed by atoms with van der Waals surface area (Å²) in [6.45, 7) is 6.73. The number of nitrogens with one attached hydrogen (secondary N) is 2. The Morgan fingerprint density at radius 2 is 1.68 bits per heavy atom. The van der Waals surface area contributed by atoms with Crippen LogP contribution in [0.15, 0.2) is 83.4 Å². The molecule has 0 aliphatic carbocycles. The zero-order valence-electron chi connectivity index (χ0n) is 19.3. The fourth-order valence-electron chi connectivity index (χ4n) is 3.39. The molecular formula is C27H26N4O2S. The van der Waals surface area contributed by atoms with Gasteiger partial charge >= 0.3 is 0 Å². The van der Waals surface area contributed by atoms with Gasteiger partial charge in [-0.25, -0.2) is 0 Å². The van der Waals surface area contributed by atoms with Gasteiger partial charge < -0.3 is 15.2 Å². The second kappa shape index (κ2) is 9.97. The highest BCUT2D eigenvalue weighted by molar-refractivity contribution is 7.80. The molecule has 0 fully saturated rings. The second-order valence-corrected chi connectivity index (χ2v) is 9.33. The van der Waals surface area contributed by atoms with Crippen LogP contribution in [0.4, 0.5) is 5.69 Å². The molecule has 0 amide bonds. The third kappa shape index (κ3) is 5.74. The van der Waals surface area contributed by atoms with Crippen molar-refractivity contribution >= 4 is 28.8 Å². The first-order chi connectivity index (χ1) is 16.3. The van der Waals surface area contributed by atoms with Gasteiger partial charge in [0.05, 0.1) is 6.54 Å². The summed E-state index contributed by atoms with van der Waals surface area (Å²) < 4.78 is 5.29. The summed E-state index contributed by atoms with van der Waals surface area (Å²) in [6.07, 6.45) is 0. The Hall–Kier alpha value is -3.84. The minimum atomic E-state index is -0.0395. The zero-order valence-corrected chi connectivity index (χ0v) is 20.1. The number of anilines is 1. The predicted octanol–water partition coefficient (Wildman–Crippen LogP) is 5.75. The normalized spacial score (nSPS) is 11.1. The second-order valence-electron chi connectivity index (χ2n) is 8.92. The fourth-order valence-corrected chi connectivity index (χ4v) is 3.58. The molecule has 0 aliphatic rings. The van der Waals surface area contributed by atoms with Crippen LogP contribution in [-0.4, -0.2) is 21.0 Å². The third-order valence-corrected chi connectivity index (χ3v) is 5.54. The van der Waals surface area contributed by atoms with Crippen LogP contribution in [0, 0.1) is 0 Å². The number of hydrogen-bond acceptors (Lipinski definition) is 5. The van der Waals surface area contributed by atoms with Crippen molar-refractivity contribution in [3.63, 3.8) is 0 Å². The maximum atomic E-state index is 13.0. The number of rotatable bonds is 6. The summed E-state index contributed by atoms with van der Waals surface area (Å²) >= 11 is 5.39. The highest BCUT2D eigenvalue weighted by Crippen LogP contribution is 2.23. The van der Waals surface area contributed by atoms with Gasteiger partial charge in [-0.1, -0.05) is 92.7 Å². The Morgan fingerprint density at radius 1 is 0.941 bits per heavy atom. The highest BCUT2D eigenvalue weighted by atomic mass is 32.1. The molecule has 4 rings (SSSR count). The topological polar surface area (TPSA) is 80.0 Å². The van der Waals surface area contributed by atoms with Gasteiger partial charge in [0.2, 0.25) is 11.7 Å². The summed E-state index contributed by atoms with van der Waals surface area (Å²) in [5, 5.41) is 10.5. The van der Waals surface area contributed by atoms with Gasteiger partial charge in [0.15, 0.2) is 10.9 Å². The average molecular weight is 471 g/mol. The van der Waals surface area contributed by atoms with Crippen LogP contribution in [0.5, 0.6) is 0 Å². The van der Waals surface area contributed by atoms with E-state index in [9.17, 15) is 4.79 Å². The van der Waals surface area contributed by atoms with E-state index in [0.717, 1.165) is 5.56 Å². The van der Waals surface area contributed by atoms with E-state index >= 15 is 0 Å². The summed E-state index contributed by atoms with van der Waals surface area (Å²) in [7, 11) is 0. The maximum Gasteiger partial charge on any atom is 0.246 e. The molecular weight excluding hydrogens is 444 g/mol. The number of thiocarbonyl (C=S) groups is 1.